The van der Waals surface area contributed by atoms with Gasteiger partial charge in [0.2, 0.25) is 5.91 Å². The third-order valence-electron chi connectivity index (χ3n) is 17.2. The predicted molar refractivity (Wildman–Crippen MR) is 356 cm³/mol. The van der Waals surface area contributed by atoms with E-state index in [1.54, 1.807) is 6.08 Å². The fourth-order valence-corrected chi connectivity index (χ4v) is 11.6. The minimum absolute atomic E-state index is 0.0131. The molecule has 0 saturated heterocycles. The van der Waals surface area contributed by atoms with Crippen LogP contribution in [0.15, 0.2) is 36.5 Å². The number of ether oxygens (including phenoxy) is 1. The third-order valence-corrected chi connectivity index (χ3v) is 17.2. The van der Waals surface area contributed by atoms with Gasteiger partial charge in [0.25, 0.3) is 0 Å². The number of rotatable bonds is 69. The highest BCUT2D eigenvalue weighted by Gasteiger charge is 2.18. The van der Waals surface area contributed by atoms with Gasteiger partial charge in [-0.25, -0.2) is 0 Å². The fraction of sp³-hybridized carbons (Fsp3) is 0.893. The van der Waals surface area contributed by atoms with Gasteiger partial charge in [0.1, 0.15) is 0 Å². The van der Waals surface area contributed by atoms with Gasteiger partial charge >= 0.3 is 5.97 Å². The Labute approximate surface area is 506 Å². The minimum atomic E-state index is -0.848. The van der Waals surface area contributed by atoms with Crippen molar-refractivity contribution in [2.75, 3.05) is 13.2 Å². The van der Waals surface area contributed by atoms with Crippen LogP contribution in [-0.2, 0) is 14.3 Å². The number of esters is 1. The second-order valence-electron chi connectivity index (χ2n) is 25.3. The molecule has 0 fully saturated rings. The standard InChI is InChI=1S/C75H143NO5/c1-3-5-7-9-11-13-15-17-19-20-21-22-28-31-34-37-40-43-47-51-55-59-63-67-73(78)72(71-77)76-74(79)68-64-60-56-52-48-44-41-38-35-32-29-26-24-23-25-27-30-33-36-39-42-46-50-54-58-62-66-70-81-75(80)69-65-61-57-53-49-45-18-16-14-12-10-8-6-4-2/h23-24,27,30,63,67,72-73,77-78H,3-22,25-26,28-29,31-62,64-66,68-71H2,1-2H3,(H,76,79)/b24-23-,30-27-,67-63+. The van der Waals surface area contributed by atoms with E-state index in [1.165, 1.54) is 334 Å². The molecule has 0 heterocycles. The highest BCUT2D eigenvalue weighted by molar-refractivity contribution is 5.76. The molecular weight excluding hydrogens is 995 g/mol. The van der Waals surface area contributed by atoms with Gasteiger partial charge in [0, 0.05) is 12.8 Å². The Kier molecular flexibility index (Phi) is 68.9. The molecule has 2 atom stereocenters. The molecule has 0 aliphatic rings. The van der Waals surface area contributed by atoms with Gasteiger partial charge in [-0.05, 0) is 64.2 Å². The average Bonchev–Trinajstić information content (AvgIpc) is 3.47. The first-order valence-corrected chi connectivity index (χ1v) is 36.8. The molecule has 478 valence electrons. The molecule has 0 bridgehead atoms. The number of aliphatic hydroxyl groups is 2. The first-order valence-electron chi connectivity index (χ1n) is 36.8. The molecule has 3 N–H and O–H groups in total. The van der Waals surface area contributed by atoms with E-state index in [2.05, 4.69) is 43.5 Å². The molecule has 6 heteroatoms. The Morgan fingerprint density at radius 1 is 0.346 bits per heavy atom. The van der Waals surface area contributed by atoms with Crippen LogP contribution in [0.3, 0.4) is 0 Å². The number of nitrogens with one attached hydrogen (secondary N) is 1. The van der Waals surface area contributed by atoms with Gasteiger partial charge in [0.15, 0.2) is 0 Å². The second kappa shape index (κ2) is 70.6. The van der Waals surface area contributed by atoms with Gasteiger partial charge < -0.3 is 20.3 Å². The summed E-state index contributed by atoms with van der Waals surface area (Å²) in [6, 6.07) is -0.632. The minimum Gasteiger partial charge on any atom is -0.466 e. The third kappa shape index (κ3) is 67.1. The normalized spacial score (nSPS) is 12.7. The van der Waals surface area contributed by atoms with E-state index in [4.69, 9.17) is 4.74 Å². The van der Waals surface area contributed by atoms with Crippen molar-refractivity contribution >= 4 is 11.9 Å². The van der Waals surface area contributed by atoms with Gasteiger partial charge in [0.05, 0.1) is 25.4 Å². The summed E-state index contributed by atoms with van der Waals surface area (Å²) in [6.45, 7) is 4.94. The van der Waals surface area contributed by atoms with E-state index in [-0.39, 0.29) is 18.5 Å². The Morgan fingerprint density at radius 2 is 0.617 bits per heavy atom. The van der Waals surface area contributed by atoms with Crippen LogP contribution in [0.4, 0.5) is 0 Å². The molecule has 0 aromatic heterocycles. The monoisotopic (exact) mass is 1140 g/mol. The number of amides is 1. The molecule has 0 rings (SSSR count). The topological polar surface area (TPSA) is 95.9 Å². The molecule has 6 nitrogen and oxygen atoms in total. The van der Waals surface area contributed by atoms with E-state index < -0.39 is 12.1 Å². The number of hydrogen-bond donors (Lipinski definition) is 3. The molecule has 0 aliphatic heterocycles. The molecule has 0 aliphatic carbocycles. The SMILES string of the molecule is CCCCCCCCCCCCCCCCCCCCCCC/C=C/C(O)C(CO)NC(=O)CCCCCCCCCCCCC/C=C\C/C=C\CCCCCCCCCCCOC(=O)CCCCCCCCCCCCCCCC. The Balaban J connectivity index is 3.44. The first kappa shape index (κ1) is 79.1. The van der Waals surface area contributed by atoms with Crippen molar-refractivity contribution in [3.8, 4) is 0 Å². The van der Waals surface area contributed by atoms with Crippen LogP contribution in [0.2, 0.25) is 0 Å². The Hall–Kier alpha value is -1.92. The Bertz CT molecular complexity index is 1310. The predicted octanol–water partition coefficient (Wildman–Crippen LogP) is 23.9. The van der Waals surface area contributed by atoms with Crippen LogP contribution in [0.1, 0.15) is 406 Å². The van der Waals surface area contributed by atoms with Crippen molar-refractivity contribution < 1.29 is 24.5 Å². The lowest BCUT2D eigenvalue weighted by Crippen LogP contribution is -2.45. The summed E-state index contributed by atoms with van der Waals surface area (Å²) in [5, 5.41) is 23.3. The molecule has 1 amide bonds. The smallest absolute Gasteiger partial charge is 0.305 e. The van der Waals surface area contributed by atoms with E-state index in [0.29, 0.717) is 19.4 Å². The summed E-state index contributed by atoms with van der Waals surface area (Å²) in [7, 11) is 0. The lowest BCUT2D eigenvalue weighted by molar-refractivity contribution is -0.143. The largest absolute Gasteiger partial charge is 0.466 e. The maximum Gasteiger partial charge on any atom is 0.305 e. The van der Waals surface area contributed by atoms with Crippen LogP contribution in [-0.4, -0.2) is 47.4 Å². The zero-order chi connectivity index (χ0) is 58.5. The van der Waals surface area contributed by atoms with E-state index >= 15 is 0 Å². The zero-order valence-electron chi connectivity index (χ0n) is 54.8. The summed E-state index contributed by atoms with van der Waals surface area (Å²) in [5.74, 6) is -0.0539. The lowest BCUT2D eigenvalue weighted by atomic mass is 10.0. The quantitative estimate of drug-likeness (QED) is 0.0320. The lowest BCUT2D eigenvalue weighted by Gasteiger charge is -2.20. The molecule has 0 radical (unpaired) electrons. The van der Waals surface area contributed by atoms with Crippen molar-refractivity contribution in [1.29, 1.82) is 0 Å². The van der Waals surface area contributed by atoms with Gasteiger partial charge in [-0.1, -0.05) is 365 Å². The van der Waals surface area contributed by atoms with Gasteiger partial charge in [-0.15, -0.1) is 0 Å². The van der Waals surface area contributed by atoms with Crippen molar-refractivity contribution in [2.45, 2.75) is 418 Å². The maximum atomic E-state index is 12.5. The van der Waals surface area contributed by atoms with Gasteiger partial charge in [-0.2, -0.15) is 0 Å². The maximum absolute atomic E-state index is 12.5. The summed E-state index contributed by atoms with van der Waals surface area (Å²) in [6.07, 6.45) is 90.9. The summed E-state index contributed by atoms with van der Waals surface area (Å²) in [5.41, 5.74) is 0. The van der Waals surface area contributed by atoms with Crippen LogP contribution < -0.4 is 5.32 Å². The van der Waals surface area contributed by atoms with Crippen LogP contribution in [0.5, 0.6) is 0 Å². The molecule has 0 aromatic rings. The summed E-state index contributed by atoms with van der Waals surface area (Å²) < 4.78 is 5.49. The number of unbranched alkanes of at least 4 members (excludes halogenated alkanes) is 54. The molecular formula is C75H143NO5. The van der Waals surface area contributed by atoms with E-state index in [0.717, 1.165) is 44.9 Å². The van der Waals surface area contributed by atoms with Crippen molar-refractivity contribution in [2.24, 2.45) is 0 Å². The first-order chi connectivity index (χ1) is 40.0. The summed E-state index contributed by atoms with van der Waals surface area (Å²) >= 11 is 0. The summed E-state index contributed by atoms with van der Waals surface area (Å²) in [4.78, 5) is 24.6. The second-order valence-corrected chi connectivity index (χ2v) is 25.3. The molecule has 2 unspecified atom stereocenters. The fourth-order valence-electron chi connectivity index (χ4n) is 11.6. The highest BCUT2D eigenvalue weighted by Crippen LogP contribution is 2.19. The molecule has 0 saturated carbocycles. The van der Waals surface area contributed by atoms with Crippen LogP contribution in [0.25, 0.3) is 0 Å². The zero-order valence-corrected chi connectivity index (χ0v) is 54.8. The Morgan fingerprint density at radius 3 is 0.938 bits per heavy atom. The van der Waals surface area contributed by atoms with E-state index in [9.17, 15) is 19.8 Å². The average molecular weight is 1140 g/mol. The van der Waals surface area contributed by atoms with Crippen LogP contribution >= 0.6 is 0 Å². The molecule has 0 spiro atoms. The van der Waals surface area contributed by atoms with Crippen molar-refractivity contribution in [3.05, 3.63) is 36.5 Å². The number of allylic oxidation sites excluding steroid dienone is 5. The number of hydrogen-bond acceptors (Lipinski definition) is 5. The van der Waals surface area contributed by atoms with Crippen molar-refractivity contribution in [1.82, 2.24) is 5.32 Å². The van der Waals surface area contributed by atoms with Crippen LogP contribution in [0, 0.1) is 0 Å². The van der Waals surface area contributed by atoms with Gasteiger partial charge in [-0.3, -0.25) is 9.59 Å². The number of carbonyl (C=O) groups is 2. The number of aliphatic hydroxyl groups excluding tert-OH is 2. The van der Waals surface area contributed by atoms with E-state index in [1.807, 2.05) is 6.08 Å². The highest BCUT2D eigenvalue weighted by atomic mass is 16.5. The molecule has 0 aromatic carbocycles. The van der Waals surface area contributed by atoms with Crippen molar-refractivity contribution in [3.63, 3.8) is 0 Å². The molecule has 81 heavy (non-hydrogen) atoms. The number of carbonyl (C=O) groups excluding carboxylic acids is 2.